The summed E-state index contributed by atoms with van der Waals surface area (Å²) >= 11 is 3.31. The molecule has 0 spiro atoms. The molecule has 2 atom stereocenters. The number of ether oxygens (including phenoxy) is 1. The number of ketones is 1. The van der Waals surface area contributed by atoms with E-state index in [0.29, 0.717) is 5.56 Å². The molecule has 3 rings (SSSR count). The van der Waals surface area contributed by atoms with Crippen LogP contribution in [0, 0.1) is 5.92 Å². The van der Waals surface area contributed by atoms with Crippen LogP contribution in [0.15, 0.2) is 53.0 Å². The summed E-state index contributed by atoms with van der Waals surface area (Å²) in [7, 11) is 0. The second-order valence-corrected chi connectivity index (χ2v) is 9.37. The van der Waals surface area contributed by atoms with Crippen molar-refractivity contribution < 1.29 is 32.3 Å². The monoisotopic (exact) mass is 511 g/mol. The second-order valence-electron chi connectivity index (χ2n) is 8.45. The zero-order valence-corrected chi connectivity index (χ0v) is 19.2. The molecule has 2 aromatic rings. The highest BCUT2D eigenvalue weighted by Crippen LogP contribution is 2.41. The summed E-state index contributed by atoms with van der Waals surface area (Å²) < 4.78 is 46.4. The third kappa shape index (κ3) is 5.03. The van der Waals surface area contributed by atoms with E-state index in [1.165, 1.54) is 12.1 Å². The van der Waals surface area contributed by atoms with E-state index in [2.05, 4.69) is 15.9 Å². The number of nitrogens with zero attached hydrogens (tertiary/aromatic N) is 1. The first kappa shape index (κ1) is 24.0. The van der Waals surface area contributed by atoms with Crippen LogP contribution in [-0.2, 0) is 15.7 Å². The Morgan fingerprint density at radius 3 is 2.19 bits per heavy atom. The normalized spacial score (nSPS) is 19.2. The van der Waals surface area contributed by atoms with E-state index in [-0.39, 0.29) is 6.42 Å². The summed E-state index contributed by atoms with van der Waals surface area (Å²) in [4.78, 5) is 40.0. The van der Waals surface area contributed by atoms with Crippen LogP contribution >= 0.6 is 15.9 Å². The molecule has 0 radical (unpaired) electrons. The van der Waals surface area contributed by atoms with Crippen molar-refractivity contribution in [3.63, 3.8) is 0 Å². The molecule has 32 heavy (non-hydrogen) atoms. The molecule has 0 bridgehead atoms. The third-order valence-corrected chi connectivity index (χ3v) is 5.49. The number of carbonyl (C=O) groups excluding carboxylic acids is 3. The molecule has 1 saturated heterocycles. The molecule has 0 N–H and O–H groups in total. The van der Waals surface area contributed by atoms with Gasteiger partial charge < -0.3 is 4.74 Å². The highest BCUT2D eigenvalue weighted by atomic mass is 79.9. The summed E-state index contributed by atoms with van der Waals surface area (Å²) in [6, 6.07) is 10.2. The molecule has 1 heterocycles. The third-order valence-electron chi connectivity index (χ3n) is 4.97. The first-order valence-electron chi connectivity index (χ1n) is 9.81. The molecule has 0 aromatic heterocycles. The standard InChI is InChI=1S/C23H21BrF3NO4/c1-22(2,3)32-21(31)28-18(13-8-10-14(24)11-9-13)12-16(20(28)30)19(29)15-6-4-5-7-17(15)23(25,26)27/h4-11,16,18H,12H2,1-3H3. The van der Waals surface area contributed by atoms with Gasteiger partial charge in [-0.05, 0) is 51.0 Å². The molecule has 0 saturated carbocycles. The van der Waals surface area contributed by atoms with E-state index >= 15 is 0 Å². The minimum Gasteiger partial charge on any atom is -0.443 e. The fraction of sp³-hybridized carbons (Fsp3) is 0.348. The lowest BCUT2D eigenvalue weighted by Gasteiger charge is -2.27. The smallest absolute Gasteiger partial charge is 0.417 e. The van der Waals surface area contributed by atoms with Gasteiger partial charge in [0.15, 0.2) is 5.78 Å². The predicted octanol–water partition coefficient (Wildman–Crippen LogP) is 6.18. The number of alkyl halides is 3. The number of rotatable bonds is 3. The van der Waals surface area contributed by atoms with Gasteiger partial charge in [-0.25, -0.2) is 9.69 Å². The van der Waals surface area contributed by atoms with Gasteiger partial charge in [0.25, 0.3) is 0 Å². The van der Waals surface area contributed by atoms with E-state index in [9.17, 15) is 27.6 Å². The van der Waals surface area contributed by atoms with Crippen molar-refractivity contribution in [3.8, 4) is 0 Å². The van der Waals surface area contributed by atoms with Gasteiger partial charge in [-0.1, -0.05) is 46.3 Å². The number of hydrogen-bond acceptors (Lipinski definition) is 4. The molecule has 170 valence electrons. The summed E-state index contributed by atoms with van der Waals surface area (Å²) in [5.74, 6) is -3.30. The lowest BCUT2D eigenvalue weighted by molar-refractivity contribution is -0.138. The largest absolute Gasteiger partial charge is 0.443 e. The van der Waals surface area contributed by atoms with Crippen LogP contribution < -0.4 is 0 Å². The maximum absolute atomic E-state index is 13.4. The Kier molecular flexibility index (Phi) is 6.51. The average molecular weight is 512 g/mol. The Bertz CT molecular complexity index is 1040. The van der Waals surface area contributed by atoms with Gasteiger partial charge in [0.1, 0.15) is 11.5 Å². The molecule has 0 aliphatic carbocycles. The number of likely N-dealkylation sites (tertiary alicyclic amines) is 1. The van der Waals surface area contributed by atoms with E-state index in [4.69, 9.17) is 4.74 Å². The number of Topliss-reactive ketones (excluding diaryl/α,β-unsaturated/α-hetero) is 1. The number of amides is 2. The first-order chi connectivity index (χ1) is 14.8. The number of benzene rings is 2. The van der Waals surface area contributed by atoms with Crippen molar-refractivity contribution in [2.75, 3.05) is 0 Å². The first-order valence-corrected chi connectivity index (χ1v) is 10.6. The van der Waals surface area contributed by atoms with Gasteiger partial charge in [0.2, 0.25) is 5.91 Å². The average Bonchev–Trinajstić information content (AvgIpc) is 3.03. The lowest BCUT2D eigenvalue weighted by Crippen LogP contribution is -2.40. The minimum atomic E-state index is -4.76. The van der Waals surface area contributed by atoms with Crippen LogP contribution in [0.1, 0.15) is 54.7 Å². The summed E-state index contributed by atoms with van der Waals surface area (Å²) in [5.41, 5.74) is -2.06. The summed E-state index contributed by atoms with van der Waals surface area (Å²) in [6.07, 6.45) is -5.86. The number of carbonyl (C=O) groups is 3. The van der Waals surface area contributed by atoms with Gasteiger partial charge in [0.05, 0.1) is 11.6 Å². The molecule has 1 fully saturated rings. The molecule has 2 amide bonds. The molecule has 5 nitrogen and oxygen atoms in total. The fourth-order valence-corrected chi connectivity index (χ4v) is 3.87. The molecule has 9 heteroatoms. The maximum atomic E-state index is 13.4. The molecule has 1 aliphatic heterocycles. The van der Waals surface area contributed by atoms with Crippen LogP contribution in [0.5, 0.6) is 0 Å². The second kappa shape index (κ2) is 8.69. The topological polar surface area (TPSA) is 63.7 Å². The number of hydrogen-bond donors (Lipinski definition) is 0. The molecular formula is C23H21BrF3NO4. The van der Waals surface area contributed by atoms with E-state index < -0.39 is 52.6 Å². The van der Waals surface area contributed by atoms with Crippen molar-refractivity contribution in [2.45, 2.75) is 45.0 Å². The summed E-state index contributed by atoms with van der Waals surface area (Å²) in [5, 5.41) is 0. The highest BCUT2D eigenvalue weighted by molar-refractivity contribution is 9.10. The van der Waals surface area contributed by atoms with Crippen molar-refractivity contribution >= 4 is 33.7 Å². The highest BCUT2D eigenvalue weighted by Gasteiger charge is 2.49. The Hall–Kier alpha value is -2.68. The zero-order chi connectivity index (χ0) is 23.8. The van der Waals surface area contributed by atoms with E-state index in [1.807, 2.05) is 0 Å². The Labute approximate surface area is 191 Å². The minimum absolute atomic E-state index is 0.148. The van der Waals surface area contributed by atoms with Gasteiger partial charge in [-0.15, -0.1) is 0 Å². The number of imide groups is 1. The van der Waals surface area contributed by atoms with Crippen molar-refractivity contribution in [1.82, 2.24) is 4.90 Å². The predicted molar refractivity (Wildman–Crippen MR) is 114 cm³/mol. The SMILES string of the molecule is CC(C)(C)OC(=O)N1C(=O)C(C(=O)c2ccccc2C(F)(F)F)CC1c1ccc(Br)cc1. The summed E-state index contributed by atoms with van der Waals surface area (Å²) in [6.45, 7) is 4.88. The van der Waals surface area contributed by atoms with Crippen molar-refractivity contribution in [3.05, 3.63) is 69.7 Å². The molecule has 1 aliphatic rings. The van der Waals surface area contributed by atoms with Gasteiger partial charge >= 0.3 is 12.3 Å². The fourth-order valence-electron chi connectivity index (χ4n) is 3.60. The van der Waals surface area contributed by atoms with Crippen molar-refractivity contribution in [1.29, 1.82) is 0 Å². The zero-order valence-electron chi connectivity index (χ0n) is 17.6. The van der Waals surface area contributed by atoms with Crippen LogP contribution in [-0.4, -0.2) is 28.3 Å². The Morgan fingerprint density at radius 2 is 1.62 bits per heavy atom. The van der Waals surface area contributed by atoms with Crippen LogP contribution in [0.4, 0.5) is 18.0 Å². The molecule has 2 aromatic carbocycles. The van der Waals surface area contributed by atoms with E-state index in [1.54, 1.807) is 45.0 Å². The van der Waals surface area contributed by atoms with Crippen LogP contribution in [0.25, 0.3) is 0 Å². The van der Waals surface area contributed by atoms with Gasteiger partial charge in [-0.2, -0.15) is 13.2 Å². The molecular weight excluding hydrogens is 491 g/mol. The van der Waals surface area contributed by atoms with Gasteiger partial charge in [-0.3, -0.25) is 9.59 Å². The van der Waals surface area contributed by atoms with Crippen LogP contribution in [0.3, 0.4) is 0 Å². The van der Waals surface area contributed by atoms with Gasteiger partial charge in [0, 0.05) is 10.0 Å². The van der Waals surface area contributed by atoms with Crippen LogP contribution in [0.2, 0.25) is 0 Å². The number of halogens is 4. The Morgan fingerprint density at radius 1 is 1.03 bits per heavy atom. The quantitative estimate of drug-likeness (QED) is 0.364. The lowest BCUT2D eigenvalue weighted by atomic mass is 9.90. The van der Waals surface area contributed by atoms with Crippen molar-refractivity contribution in [2.24, 2.45) is 5.92 Å². The van der Waals surface area contributed by atoms with E-state index in [0.717, 1.165) is 21.5 Å². The molecule has 2 unspecified atom stereocenters. The maximum Gasteiger partial charge on any atom is 0.417 e. The Balaban J connectivity index is 2.02.